The van der Waals surface area contributed by atoms with Crippen LogP contribution >= 0.6 is 0 Å². The third kappa shape index (κ3) is 5.06. The van der Waals surface area contributed by atoms with Crippen molar-refractivity contribution in [3.05, 3.63) is 0 Å². The largest absolute Gasteiger partial charge is 0.378 e. The lowest BCUT2D eigenvalue weighted by Gasteiger charge is -2.22. The van der Waals surface area contributed by atoms with Crippen LogP contribution in [0.25, 0.3) is 0 Å². The van der Waals surface area contributed by atoms with Crippen molar-refractivity contribution in [1.29, 1.82) is 0 Å². The Kier molecular flexibility index (Phi) is 6.62. The molecular weight excluding hydrogens is 205 g/mol. The van der Waals surface area contributed by atoms with E-state index in [1.165, 1.54) is 0 Å². The monoisotopic (exact) mass is 229 g/mol. The summed E-state index contributed by atoms with van der Waals surface area (Å²) < 4.78 is 19.3. The van der Waals surface area contributed by atoms with Crippen LogP contribution in [0.3, 0.4) is 0 Å². The molecule has 1 aliphatic rings. The Hall–Kier alpha value is -0.440. The molecule has 1 aliphatic heterocycles. The molecule has 0 amide bonds. The van der Waals surface area contributed by atoms with Crippen molar-refractivity contribution in [3.8, 4) is 0 Å². The van der Waals surface area contributed by atoms with Crippen molar-refractivity contribution in [2.45, 2.75) is 58.2 Å². The third-order valence-corrected chi connectivity index (χ3v) is 3.07. The fourth-order valence-corrected chi connectivity index (χ4v) is 2.18. The second-order valence-electron chi connectivity index (χ2n) is 4.70. The SMILES string of the molecule is CCCC1C[C@H](C)/N=C\CCCOC[C@H]1F. The molecule has 0 saturated carbocycles. The van der Waals surface area contributed by atoms with Gasteiger partial charge in [-0.3, -0.25) is 4.99 Å². The average Bonchev–Trinajstić information content (AvgIpc) is 2.28. The first-order valence-electron chi connectivity index (χ1n) is 6.47. The van der Waals surface area contributed by atoms with Gasteiger partial charge in [-0.15, -0.1) is 0 Å². The molecule has 0 aromatic carbocycles. The number of ether oxygens (including phenoxy) is 1. The van der Waals surface area contributed by atoms with Crippen molar-refractivity contribution >= 4 is 6.21 Å². The van der Waals surface area contributed by atoms with E-state index in [0.29, 0.717) is 6.61 Å². The van der Waals surface area contributed by atoms with Crippen LogP contribution in [0.2, 0.25) is 0 Å². The van der Waals surface area contributed by atoms with E-state index in [1.807, 2.05) is 6.21 Å². The quantitative estimate of drug-likeness (QED) is 0.711. The summed E-state index contributed by atoms with van der Waals surface area (Å²) in [5, 5.41) is 0. The van der Waals surface area contributed by atoms with Crippen LogP contribution in [0.1, 0.15) is 46.0 Å². The second-order valence-corrected chi connectivity index (χ2v) is 4.70. The van der Waals surface area contributed by atoms with Crippen LogP contribution in [-0.4, -0.2) is 31.6 Å². The van der Waals surface area contributed by atoms with E-state index in [2.05, 4.69) is 18.8 Å². The topological polar surface area (TPSA) is 21.6 Å². The van der Waals surface area contributed by atoms with Gasteiger partial charge in [-0.05, 0) is 44.7 Å². The molecule has 16 heavy (non-hydrogen) atoms. The molecule has 0 aromatic rings. The van der Waals surface area contributed by atoms with Gasteiger partial charge in [0.1, 0.15) is 6.17 Å². The van der Waals surface area contributed by atoms with E-state index in [9.17, 15) is 4.39 Å². The van der Waals surface area contributed by atoms with E-state index in [4.69, 9.17) is 4.74 Å². The van der Waals surface area contributed by atoms with Crippen LogP contribution in [0.4, 0.5) is 4.39 Å². The van der Waals surface area contributed by atoms with Crippen molar-refractivity contribution < 1.29 is 9.13 Å². The number of hydrogen-bond donors (Lipinski definition) is 0. The Morgan fingerprint density at radius 3 is 3.06 bits per heavy atom. The Labute approximate surface area is 98.3 Å². The molecule has 94 valence electrons. The van der Waals surface area contributed by atoms with Gasteiger partial charge in [0.15, 0.2) is 0 Å². The summed E-state index contributed by atoms with van der Waals surface area (Å²) in [6.07, 6.45) is 5.84. The number of rotatable bonds is 2. The summed E-state index contributed by atoms with van der Waals surface area (Å²) in [4.78, 5) is 4.45. The molecule has 0 aliphatic carbocycles. The smallest absolute Gasteiger partial charge is 0.126 e. The van der Waals surface area contributed by atoms with Crippen LogP contribution in [0.5, 0.6) is 0 Å². The first kappa shape index (κ1) is 13.6. The minimum Gasteiger partial charge on any atom is -0.378 e. The lowest BCUT2D eigenvalue weighted by Crippen LogP contribution is -2.24. The Balaban J connectivity index is 2.55. The number of alkyl halides is 1. The van der Waals surface area contributed by atoms with E-state index in [-0.39, 0.29) is 18.6 Å². The summed E-state index contributed by atoms with van der Waals surface area (Å²) in [6, 6.07) is 0.243. The van der Waals surface area contributed by atoms with Crippen molar-refractivity contribution in [3.63, 3.8) is 0 Å². The zero-order valence-corrected chi connectivity index (χ0v) is 10.5. The zero-order chi connectivity index (χ0) is 11.8. The highest BCUT2D eigenvalue weighted by molar-refractivity contribution is 5.57. The highest BCUT2D eigenvalue weighted by atomic mass is 19.1. The molecule has 0 radical (unpaired) electrons. The number of aliphatic imine (C=N–C) groups is 1. The molecule has 0 aromatic heterocycles. The fraction of sp³-hybridized carbons (Fsp3) is 0.923. The third-order valence-electron chi connectivity index (χ3n) is 3.07. The van der Waals surface area contributed by atoms with Crippen LogP contribution in [0.15, 0.2) is 4.99 Å². The van der Waals surface area contributed by atoms with Gasteiger partial charge >= 0.3 is 0 Å². The number of halogens is 1. The molecule has 0 fully saturated rings. The number of nitrogens with zero attached hydrogens (tertiary/aromatic N) is 1. The average molecular weight is 229 g/mol. The molecule has 0 N–H and O–H groups in total. The second kappa shape index (κ2) is 7.77. The summed E-state index contributed by atoms with van der Waals surface area (Å²) in [5.41, 5.74) is 0. The molecule has 1 unspecified atom stereocenters. The molecule has 0 saturated heterocycles. The van der Waals surface area contributed by atoms with E-state index >= 15 is 0 Å². The van der Waals surface area contributed by atoms with Gasteiger partial charge in [-0.2, -0.15) is 0 Å². The maximum atomic E-state index is 13.9. The zero-order valence-electron chi connectivity index (χ0n) is 10.5. The van der Waals surface area contributed by atoms with Gasteiger partial charge in [0.2, 0.25) is 0 Å². The van der Waals surface area contributed by atoms with Gasteiger partial charge in [-0.25, -0.2) is 4.39 Å². The lowest BCUT2D eigenvalue weighted by atomic mass is 9.92. The molecule has 2 nitrogen and oxygen atoms in total. The Morgan fingerprint density at radius 2 is 2.31 bits per heavy atom. The van der Waals surface area contributed by atoms with Gasteiger partial charge in [0, 0.05) is 12.6 Å². The summed E-state index contributed by atoms with van der Waals surface area (Å²) in [6.45, 7) is 5.09. The van der Waals surface area contributed by atoms with E-state index in [0.717, 1.165) is 32.1 Å². The summed E-state index contributed by atoms with van der Waals surface area (Å²) in [5.74, 6) is 0.107. The van der Waals surface area contributed by atoms with Crippen LogP contribution in [-0.2, 0) is 4.74 Å². The Morgan fingerprint density at radius 1 is 1.50 bits per heavy atom. The highest BCUT2D eigenvalue weighted by Crippen LogP contribution is 2.22. The van der Waals surface area contributed by atoms with E-state index in [1.54, 1.807) is 0 Å². The molecular formula is C13H24FNO. The summed E-state index contributed by atoms with van der Waals surface area (Å²) >= 11 is 0. The van der Waals surface area contributed by atoms with Gasteiger partial charge in [0.05, 0.1) is 6.61 Å². The van der Waals surface area contributed by atoms with Crippen molar-refractivity contribution in [2.24, 2.45) is 10.9 Å². The normalized spacial score (nSPS) is 35.3. The lowest BCUT2D eigenvalue weighted by molar-refractivity contribution is 0.0485. The molecule has 1 heterocycles. The predicted molar refractivity (Wildman–Crippen MR) is 65.9 cm³/mol. The van der Waals surface area contributed by atoms with Gasteiger partial charge in [0.25, 0.3) is 0 Å². The Bertz CT molecular complexity index is 208. The minimum atomic E-state index is -0.823. The standard InChI is InChI=1S/C13H24FNO/c1-3-6-12-9-11(2)15-7-4-5-8-16-10-13(12)14/h7,11-13H,3-6,8-10H2,1-2H3/b15-7-/t11-,12?,13+/m0/s1. The van der Waals surface area contributed by atoms with Gasteiger partial charge in [-0.1, -0.05) is 13.3 Å². The summed E-state index contributed by atoms with van der Waals surface area (Å²) in [7, 11) is 0. The minimum absolute atomic E-state index is 0.107. The highest BCUT2D eigenvalue weighted by Gasteiger charge is 2.22. The molecule has 1 rings (SSSR count). The van der Waals surface area contributed by atoms with E-state index < -0.39 is 6.17 Å². The van der Waals surface area contributed by atoms with Crippen LogP contribution < -0.4 is 0 Å². The molecule has 0 bridgehead atoms. The van der Waals surface area contributed by atoms with Crippen molar-refractivity contribution in [2.75, 3.05) is 13.2 Å². The molecule has 3 heteroatoms. The van der Waals surface area contributed by atoms with Crippen LogP contribution in [0, 0.1) is 5.92 Å². The maximum absolute atomic E-state index is 13.9. The van der Waals surface area contributed by atoms with Crippen molar-refractivity contribution in [1.82, 2.24) is 0 Å². The number of hydrogen-bond acceptors (Lipinski definition) is 2. The fourth-order valence-electron chi connectivity index (χ4n) is 2.18. The molecule has 3 atom stereocenters. The van der Waals surface area contributed by atoms with Gasteiger partial charge < -0.3 is 4.74 Å². The predicted octanol–water partition coefficient (Wildman–Crippen LogP) is 3.40. The maximum Gasteiger partial charge on any atom is 0.126 e. The molecule has 0 spiro atoms. The first-order valence-corrected chi connectivity index (χ1v) is 6.47. The first-order chi connectivity index (χ1) is 7.74.